The van der Waals surface area contributed by atoms with Crippen molar-refractivity contribution in [3.05, 3.63) is 63.9 Å². The molecule has 0 radical (unpaired) electrons. The number of alkyl halides is 3. The molecule has 0 fully saturated rings. The number of hydrogen-bond donors (Lipinski definition) is 1. The summed E-state index contributed by atoms with van der Waals surface area (Å²) in [6, 6.07) is 7.21. The average molecular weight is 415 g/mol. The zero-order valence-corrected chi connectivity index (χ0v) is 15.2. The van der Waals surface area contributed by atoms with E-state index in [1.165, 1.54) is 16.9 Å². The highest BCUT2D eigenvalue weighted by molar-refractivity contribution is 6.34. The molecule has 0 unspecified atom stereocenters. The van der Waals surface area contributed by atoms with Gasteiger partial charge in [0.25, 0.3) is 5.91 Å². The van der Waals surface area contributed by atoms with Gasteiger partial charge >= 0.3 is 6.18 Å². The van der Waals surface area contributed by atoms with Crippen LogP contribution in [0.25, 0.3) is 11.3 Å². The molecule has 0 aliphatic rings. The SMILES string of the molecule is Cn1ncc(-c2ncc(C(F)(F)F)cc2Cl)c1NC(=O)c1ccccc1Cl. The van der Waals surface area contributed by atoms with Crippen molar-refractivity contribution < 1.29 is 18.0 Å². The lowest BCUT2D eigenvalue weighted by molar-refractivity contribution is -0.137. The van der Waals surface area contributed by atoms with E-state index >= 15 is 0 Å². The number of aromatic nitrogens is 3. The zero-order chi connectivity index (χ0) is 19.8. The van der Waals surface area contributed by atoms with Crippen molar-refractivity contribution in [1.29, 1.82) is 0 Å². The second kappa shape index (κ2) is 7.21. The van der Waals surface area contributed by atoms with Crippen LogP contribution in [0.4, 0.5) is 19.0 Å². The number of carbonyl (C=O) groups excluding carboxylic acids is 1. The highest BCUT2D eigenvalue weighted by Crippen LogP contribution is 2.36. The maximum absolute atomic E-state index is 12.8. The van der Waals surface area contributed by atoms with E-state index in [9.17, 15) is 18.0 Å². The third-order valence-corrected chi connectivity index (χ3v) is 4.33. The van der Waals surface area contributed by atoms with E-state index in [4.69, 9.17) is 23.2 Å². The molecule has 0 spiro atoms. The van der Waals surface area contributed by atoms with Crippen LogP contribution in [0.2, 0.25) is 10.0 Å². The monoisotopic (exact) mass is 414 g/mol. The van der Waals surface area contributed by atoms with E-state index in [-0.39, 0.29) is 32.7 Å². The number of nitrogens with one attached hydrogen (secondary N) is 1. The summed E-state index contributed by atoms with van der Waals surface area (Å²) in [4.78, 5) is 16.3. The number of pyridine rings is 1. The minimum absolute atomic E-state index is 0.0622. The molecule has 5 nitrogen and oxygen atoms in total. The third kappa shape index (κ3) is 3.91. The van der Waals surface area contributed by atoms with E-state index in [1.807, 2.05) is 0 Å². The van der Waals surface area contributed by atoms with Gasteiger partial charge in [-0.2, -0.15) is 18.3 Å². The second-order valence-electron chi connectivity index (χ2n) is 5.52. The fraction of sp³-hybridized carbons (Fsp3) is 0.118. The molecule has 0 atom stereocenters. The molecule has 1 N–H and O–H groups in total. The summed E-state index contributed by atoms with van der Waals surface area (Å²) < 4.78 is 39.7. The smallest absolute Gasteiger partial charge is 0.306 e. The van der Waals surface area contributed by atoms with Crippen molar-refractivity contribution in [2.24, 2.45) is 7.05 Å². The number of anilines is 1. The van der Waals surface area contributed by atoms with Gasteiger partial charge in [-0.3, -0.25) is 14.5 Å². The summed E-state index contributed by atoms with van der Waals surface area (Å²) in [5.41, 5.74) is -0.400. The Morgan fingerprint density at radius 3 is 2.48 bits per heavy atom. The lowest BCUT2D eigenvalue weighted by Gasteiger charge is -2.11. The quantitative estimate of drug-likeness (QED) is 0.651. The molecular weight excluding hydrogens is 404 g/mol. The predicted molar refractivity (Wildman–Crippen MR) is 95.9 cm³/mol. The van der Waals surface area contributed by atoms with Gasteiger partial charge in [-0.15, -0.1) is 0 Å². The van der Waals surface area contributed by atoms with Crippen molar-refractivity contribution in [2.45, 2.75) is 6.18 Å². The highest BCUT2D eigenvalue weighted by Gasteiger charge is 2.32. The summed E-state index contributed by atoms with van der Waals surface area (Å²) in [7, 11) is 1.56. The first-order chi connectivity index (χ1) is 12.7. The van der Waals surface area contributed by atoms with Crippen LogP contribution in [0.5, 0.6) is 0 Å². The molecule has 2 aromatic heterocycles. The van der Waals surface area contributed by atoms with Crippen LogP contribution >= 0.6 is 23.2 Å². The molecule has 3 rings (SSSR count). The summed E-state index contributed by atoms with van der Waals surface area (Å²) in [5.74, 6) is -0.289. The molecule has 140 valence electrons. The Balaban J connectivity index is 1.98. The number of benzene rings is 1. The molecule has 0 saturated carbocycles. The van der Waals surface area contributed by atoms with Crippen molar-refractivity contribution in [1.82, 2.24) is 14.8 Å². The largest absolute Gasteiger partial charge is 0.417 e. The molecule has 0 saturated heterocycles. The van der Waals surface area contributed by atoms with Gasteiger partial charge in [-0.25, -0.2) is 0 Å². The number of rotatable bonds is 3. The molecule has 0 aliphatic carbocycles. The van der Waals surface area contributed by atoms with Crippen LogP contribution in [0.1, 0.15) is 15.9 Å². The number of nitrogens with zero attached hydrogens (tertiary/aromatic N) is 3. The summed E-state index contributed by atoms with van der Waals surface area (Å²) in [6.45, 7) is 0. The van der Waals surface area contributed by atoms with Gasteiger partial charge in [-0.05, 0) is 18.2 Å². The van der Waals surface area contributed by atoms with E-state index in [0.29, 0.717) is 6.20 Å². The predicted octanol–water partition coefficient (Wildman–Crippen LogP) is 5.06. The van der Waals surface area contributed by atoms with Crippen LogP contribution in [0.3, 0.4) is 0 Å². The Morgan fingerprint density at radius 2 is 1.85 bits per heavy atom. The Bertz CT molecular complexity index is 1020. The Hall–Kier alpha value is -2.58. The first-order valence-corrected chi connectivity index (χ1v) is 8.25. The summed E-state index contributed by atoms with van der Waals surface area (Å²) in [5, 5.41) is 6.70. The Kier molecular flexibility index (Phi) is 5.12. The van der Waals surface area contributed by atoms with Gasteiger partial charge in [0.2, 0.25) is 0 Å². The van der Waals surface area contributed by atoms with Gasteiger partial charge < -0.3 is 5.32 Å². The van der Waals surface area contributed by atoms with E-state index in [0.717, 1.165) is 6.07 Å². The molecule has 27 heavy (non-hydrogen) atoms. The molecule has 1 aromatic carbocycles. The first kappa shape index (κ1) is 19.2. The highest BCUT2D eigenvalue weighted by atomic mass is 35.5. The maximum Gasteiger partial charge on any atom is 0.417 e. The van der Waals surface area contributed by atoms with Gasteiger partial charge in [-0.1, -0.05) is 35.3 Å². The van der Waals surface area contributed by atoms with Crippen molar-refractivity contribution in [2.75, 3.05) is 5.32 Å². The summed E-state index contributed by atoms with van der Waals surface area (Å²) >= 11 is 12.0. The average Bonchev–Trinajstić information content (AvgIpc) is 2.95. The number of carbonyl (C=O) groups is 1. The van der Waals surface area contributed by atoms with Gasteiger partial charge in [0.15, 0.2) is 0 Å². The first-order valence-electron chi connectivity index (χ1n) is 7.49. The topological polar surface area (TPSA) is 59.8 Å². The summed E-state index contributed by atoms with van der Waals surface area (Å²) in [6.07, 6.45) is -2.54. The third-order valence-electron chi connectivity index (χ3n) is 3.71. The molecular formula is C17H11Cl2F3N4O. The number of aryl methyl sites for hydroxylation is 1. The van der Waals surface area contributed by atoms with Gasteiger partial charge in [0, 0.05) is 13.2 Å². The van der Waals surface area contributed by atoms with Crippen molar-refractivity contribution >= 4 is 34.9 Å². The number of halogens is 5. The Morgan fingerprint density at radius 1 is 1.15 bits per heavy atom. The fourth-order valence-corrected chi connectivity index (χ4v) is 2.86. The standard InChI is InChI=1S/C17H11Cl2F3N4O/c1-26-15(25-16(27)10-4-2-3-5-12(10)18)11(8-24-26)14-13(19)6-9(7-23-14)17(20,21)22/h2-8H,1H3,(H,25,27). The minimum atomic E-state index is -4.56. The second-order valence-corrected chi connectivity index (χ2v) is 6.33. The lowest BCUT2D eigenvalue weighted by Crippen LogP contribution is -2.15. The molecule has 2 heterocycles. The van der Waals surface area contributed by atoms with E-state index < -0.39 is 17.6 Å². The van der Waals surface area contributed by atoms with Crippen molar-refractivity contribution in [3.63, 3.8) is 0 Å². The molecule has 1 amide bonds. The zero-order valence-electron chi connectivity index (χ0n) is 13.7. The van der Waals surface area contributed by atoms with Crippen LogP contribution < -0.4 is 5.32 Å². The minimum Gasteiger partial charge on any atom is -0.306 e. The van der Waals surface area contributed by atoms with Crippen LogP contribution in [-0.2, 0) is 13.2 Å². The van der Waals surface area contributed by atoms with Crippen LogP contribution in [-0.4, -0.2) is 20.7 Å². The molecule has 3 aromatic rings. The van der Waals surface area contributed by atoms with E-state index in [1.54, 1.807) is 25.2 Å². The normalized spacial score (nSPS) is 11.5. The molecule has 10 heteroatoms. The molecule has 0 aliphatic heterocycles. The fourth-order valence-electron chi connectivity index (χ4n) is 2.37. The van der Waals surface area contributed by atoms with Crippen LogP contribution in [0.15, 0.2) is 42.7 Å². The maximum atomic E-state index is 12.8. The van der Waals surface area contributed by atoms with Gasteiger partial charge in [0.1, 0.15) is 5.82 Å². The molecule has 0 bridgehead atoms. The Labute approximate surface area is 161 Å². The lowest BCUT2D eigenvalue weighted by atomic mass is 10.1. The van der Waals surface area contributed by atoms with E-state index in [2.05, 4.69) is 15.4 Å². The number of amides is 1. The van der Waals surface area contributed by atoms with Crippen LogP contribution in [0, 0.1) is 0 Å². The number of hydrogen-bond acceptors (Lipinski definition) is 3. The van der Waals surface area contributed by atoms with Crippen molar-refractivity contribution in [3.8, 4) is 11.3 Å². The van der Waals surface area contributed by atoms with Gasteiger partial charge in [0.05, 0.1) is 38.6 Å².